The van der Waals surface area contributed by atoms with Crippen LogP contribution in [0.5, 0.6) is 11.6 Å². The van der Waals surface area contributed by atoms with Crippen LogP contribution in [0.1, 0.15) is 48.1 Å². The highest BCUT2D eigenvalue weighted by Crippen LogP contribution is 2.46. The zero-order valence-corrected chi connectivity index (χ0v) is 17.4. The predicted molar refractivity (Wildman–Crippen MR) is 114 cm³/mol. The van der Waals surface area contributed by atoms with Crippen LogP contribution in [0.25, 0.3) is 0 Å². The van der Waals surface area contributed by atoms with E-state index in [4.69, 9.17) is 26.8 Å². The fourth-order valence-electron chi connectivity index (χ4n) is 3.61. The van der Waals surface area contributed by atoms with Crippen molar-refractivity contribution in [2.24, 2.45) is 5.73 Å². The van der Waals surface area contributed by atoms with E-state index in [9.17, 15) is 5.26 Å². The van der Waals surface area contributed by atoms with Crippen LogP contribution in [-0.2, 0) is 6.61 Å². The zero-order valence-electron chi connectivity index (χ0n) is 16.6. The first-order valence-electron chi connectivity index (χ1n) is 9.61. The van der Waals surface area contributed by atoms with Gasteiger partial charge in [-0.15, -0.1) is 5.10 Å². The Balaban J connectivity index is 1.77. The number of hydrogen-bond donors (Lipinski definition) is 2. The van der Waals surface area contributed by atoms with E-state index in [2.05, 4.69) is 30.1 Å². The Labute approximate surface area is 179 Å². The van der Waals surface area contributed by atoms with Crippen molar-refractivity contribution in [1.82, 2.24) is 10.2 Å². The second-order valence-corrected chi connectivity index (χ2v) is 7.83. The Morgan fingerprint density at radius 1 is 1.23 bits per heavy atom. The minimum absolute atomic E-state index is 0.0595. The largest absolute Gasteiger partial charge is 0.489 e. The number of rotatable bonds is 5. The summed E-state index contributed by atoms with van der Waals surface area (Å²) in [6.07, 6.45) is 0. The molecule has 0 amide bonds. The lowest BCUT2D eigenvalue weighted by molar-refractivity contribution is 0.301. The van der Waals surface area contributed by atoms with Crippen LogP contribution < -0.4 is 15.2 Å². The number of nitrogens with one attached hydrogen (secondary N) is 1. The zero-order chi connectivity index (χ0) is 21.3. The summed E-state index contributed by atoms with van der Waals surface area (Å²) in [7, 11) is 0. The summed E-state index contributed by atoms with van der Waals surface area (Å²) in [6.45, 7) is 4.48. The monoisotopic (exact) mass is 420 g/mol. The van der Waals surface area contributed by atoms with Gasteiger partial charge in [0.15, 0.2) is 0 Å². The number of ether oxygens (including phenoxy) is 2. The van der Waals surface area contributed by atoms with E-state index in [1.165, 1.54) is 0 Å². The molecule has 2 aromatic carbocycles. The van der Waals surface area contributed by atoms with Gasteiger partial charge in [-0.2, -0.15) is 5.26 Å². The van der Waals surface area contributed by atoms with Gasteiger partial charge in [0.1, 0.15) is 24.0 Å². The van der Waals surface area contributed by atoms with Gasteiger partial charge < -0.3 is 15.2 Å². The molecule has 0 saturated heterocycles. The van der Waals surface area contributed by atoms with Crippen molar-refractivity contribution >= 4 is 11.6 Å². The number of para-hydroxylation sites is 1. The molecule has 0 bridgehead atoms. The third kappa shape index (κ3) is 3.60. The highest BCUT2D eigenvalue weighted by Gasteiger charge is 2.37. The van der Waals surface area contributed by atoms with Crippen LogP contribution in [0, 0.1) is 11.3 Å². The molecule has 4 rings (SSSR count). The summed E-state index contributed by atoms with van der Waals surface area (Å²) in [5.74, 6) is 0.851. The number of halogens is 1. The Morgan fingerprint density at radius 2 is 1.97 bits per heavy atom. The van der Waals surface area contributed by atoms with Gasteiger partial charge in [-0.25, -0.2) is 0 Å². The highest BCUT2D eigenvalue weighted by molar-refractivity contribution is 6.30. The SMILES string of the molecule is CC(C)c1[nH]nc2c1[C@H](c1ccccc1OCc1ccc(Cl)cc1)C(C#N)=C(N)O2. The summed E-state index contributed by atoms with van der Waals surface area (Å²) < 4.78 is 11.8. The number of nitrogens with zero attached hydrogens (tertiary/aromatic N) is 2. The molecule has 0 radical (unpaired) electrons. The van der Waals surface area contributed by atoms with Gasteiger partial charge in [0.2, 0.25) is 11.8 Å². The van der Waals surface area contributed by atoms with Gasteiger partial charge in [-0.1, -0.05) is 55.8 Å². The van der Waals surface area contributed by atoms with Gasteiger partial charge in [0.05, 0.1) is 11.5 Å². The summed E-state index contributed by atoms with van der Waals surface area (Å²) in [5.41, 5.74) is 9.96. The molecule has 1 aromatic heterocycles. The Kier molecular flexibility index (Phi) is 5.39. The molecule has 0 spiro atoms. The minimum Gasteiger partial charge on any atom is -0.489 e. The number of hydrogen-bond acceptors (Lipinski definition) is 5. The average molecular weight is 421 g/mol. The summed E-state index contributed by atoms with van der Waals surface area (Å²) >= 11 is 5.97. The first kappa shape index (κ1) is 19.9. The molecule has 0 aliphatic carbocycles. The second-order valence-electron chi connectivity index (χ2n) is 7.39. The Morgan fingerprint density at radius 3 is 2.67 bits per heavy atom. The maximum atomic E-state index is 9.86. The van der Waals surface area contributed by atoms with Crippen molar-refractivity contribution in [2.45, 2.75) is 32.3 Å². The van der Waals surface area contributed by atoms with Crippen LogP contribution >= 0.6 is 11.6 Å². The third-order valence-corrected chi connectivity index (χ3v) is 5.34. The molecule has 3 N–H and O–H groups in total. The normalized spacial score (nSPS) is 15.5. The second kappa shape index (κ2) is 8.13. The number of H-pyrrole nitrogens is 1. The molecule has 3 aromatic rings. The molecule has 7 heteroatoms. The fraction of sp³-hybridized carbons (Fsp3) is 0.217. The smallest absolute Gasteiger partial charge is 0.244 e. The predicted octanol–water partition coefficient (Wildman–Crippen LogP) is 4.98. The number of fused-ring (bicyclic) bond motifs is 1. The van der Waals surface area contributed by atoms with Crippen molar-refractivity contribution in [2.75, 3.05) is 0 Å². The van der Waals surface area contributed by atoms with Crippen molar-refractivity contribution < 1.29 is 9.47 Å². The third-order valence-electron chi connectivity index (χ3n) is 5.08. The topological polar surface area (TPSA) is 97.0 Å². The van der Waals surface area contributed by atoms with Crippen LogP contribution in [0.2, 0.25) is 5.02 Å². The number of benzene rings is 2. The number of aromatic nitrogens is 2. The molecule has 1 aliphatic rings. The lowest BCUT2D eigenvalue weighted by Crippen LogP contribution is -2.22. The van der Waals surface area contributed by atoms with Crippen LogP contribution in [-0.4, -0.2) is 10.2 Å². The van der Waals surface area contributed by atoms with Crippen molar-refractivity contribution in [3.8, 4) is 17.7 Å². The molecule has 6 nitrogen and oxygen atoms in total. The molecular weight excluding hydrogens is 400 g/mol. The average Bonchev–Trinajstić information content (AvgIpc) is 3.16. The quantitative estimate of drug-likeness (QED) is 0.606. The maximum absolute atomic E-state index is 9.86. The molecule has 152 valence electrons. The molecule has 30 heavy (non-hydrogen) atoms. The van der Waals surface area contributed by atoms with Crippen LogP contribution in [0.3, 0.4) is 0 Å². The first-order valence-corrected chi connectivity index (χ1v) is 9.99. The summed E-state index contributed by atoms with van der Waals surface area (Å²) in [6, 6.07) is 17.4. The van der Waals surface area contributed by atoms with Gasteiger partial charge in [-0.3, -0.25) is 5.10 Å². The molecule has 2 heterocycles. The number of nitriles is 1. The van der Waals surface area contributed by atoms with E-state index in [0.29, 0.717) is 28.8 Å². The molecular formula is C23H21ClN4O2. The molecule has 1 atom stereocenters. The van der Waals surface area contributed by atoms with Crippen molar-refractivity contribution in [3.05, 3.63) is 87.4 Å². The Bertz CT molecular complexity index is 1140. The van der Waals surface area contributed by atoms with E-state index < -0.39 is 5.92 Å². The highest BCUT2D eigenvalue weighted by atomic mass is 35.5. The molecule has 1 aliphatic heterocycles. The van der Waals surface area contributed by atoms with Gasteiger partial charge in [0.25, 0.3) is 0 Å². The fourth-order valence-corrected chi connectivity index (χ4v) is 3.74. The van der Waals surface area contributed by atoms with Gasteiger partial charge >= 0.3 is 0 Å². The Hall–Kier alpha value is -3.43. The first-order chi connectivity index (χ1) is 14.5. The summed E-state index contributed by atoms with van der Waals surface area (Å²) in [5, 5.41) is 17.9. The van der Waals surface area contributed by atoms with Gasteiger partial charge in [-0.05, 0) is 29.7 Å². The van der Waals surface area contributed by atoms with E-state index in [1.807, 2.05) is 48.5 Å². The molecule has 0 saturated carbocycles. The number of aromatic amines is 1. The lowest BCUT2D eigenvalue weighted by Gasteiger charge is -2.26. The molecule has 0 fully saturated rings. The van der Waals surface area contributed by atoms with Gasteiger partial charge in [0, 0.05) is 16.3 Å². The maximum Gasteiger partial charge on any atom is 0.244 e. The summed E-state index contributed by atoms with van der Waals surface area (Å²) in [4.78, 5) is 0. The van der Waals surface area contributed by atoms with Crippen molar-refractivity contribution in [3.63, 3.8) is 0 Å². The minimum atomic E-state index is -0.434. The van der Waals surface area contributed by atoms with Crippen LogP contribution in [0.4, 0.5) is 0 Å². The van der Waals surface area contributed by atoms with E-state index in [0.717, 1.165) is 22.4 Å². The lowest BCUT2D eigenvalue weighted by atomic mass is 9.82. The van der Waals surface area contributed by atoms with E-state index in [1.54, 1.807) is 0 Å². The molecule has 0 unspecified atom stereocenters. The van der Waals surface area contributed by atoms with Crippen LogP contribution in [0.15, 0.2) is 60.0 Å². The van der Waals surface area contributed by atoms with E-state index >= 15 is 0 Å². The number of nitrogens with two attached hydrogens (primary N) is 1. The standard InChI is InChI=1S/C23H21ClN4O2/c1-13(2)21-20-19(17(11-25)22(26)30-23(20)28-27-21)16-5-3-4-6-18(16)29-12-14-7-9-15(24)10-8-14/h3-10,13,19H,12,26H2,1-2H3,(H,27,28)/t19-/m1/s1. The van der Waals surface area contributed by atoms with E-state index in [-0.39, 0.29) is 11.8 Å². The number of allylic oxidation sites excluding steroid dienone is 1. The van der Waals surface area contributed by atoms with Crippen molar-refractivity contribution in [1.29, 1.82) is 5.26 Å².